The van der Waals surface area contributed by atoms with E-state index in [4.69, 9.17) is 5.73 Å². The number of carbonyl (C=O) groups is 1. The van der Waals surface area contributed by atoms with Crippen LogP contribution in [0, 0.1) is 5.82 Å². The van der Waals surface area contributed by atoms with Crippen LogP contribution in [0.3, 0.4) is 0 Å². The van der Waals surface area contributed by atoms with Gasteiger partial charge in [0.2, 0.25) is 0 Å². The summed E-state index contributed by atoms with van der Waals surface area (Å²) >= 11 is 0. The van der Waals surface area contributed by atoms with E-state index in [1.165, 1.54) is 16.8 Å². The van der Waals surface area contributed by atoms with Gasteiger partial charge in [0.1, 0.15) is 5.82 Å². The van der Waals surface area contributed by atoms with Crippen molar-refractivity contribution in [2.24, 2.45) is 5.73 Å². The number of hydrogen-bond donors (Lipinski definition) is 1. The van der Waals surface area contributed by atoms with Crippen molar-refractivity contribution in [3.63, 3.8) is 0 Å². The lowest BCUT2D eigenvalue weighted by atomic mass is 10.2. The van der Waals surface area contributed by atoms with E-state index in [-0.39, 0.29) is 5.56 Å². The Morgan fingerprint density at radius 1 is 1.47 bits per heavy atom. The maximum absolute atomic E-state index is 13.4. The first-order chi connectivity index (χ1) is 7.18. The maximum atomic E-state index is 13.4. The summed E-state index contributed by atoms with van der Waals surface area (Å²) in [6.45, 7) is 0. The topological polar surface area (TPSA) is 60.9 Å². The Bertz CT molecular complexity index is 493. The average molecular weight is 205 g/mol. The standard InChI is InChI=1S/C10H8FN3O/c11-9-6-7(14-5-1-4-13-14)2-3-8(9)10(12)15/h1-6H,(H2,12,15). The summed E-state index contributed by atoms with van der Waals surface area (Å²) in [5, 5.41) is 3.94. The van der Waals surface area contributed by atoms with Gasteiger partial charge in [0.25, 0.3) is 5.91 Å². The van der Waals surface area contributed by atoms with Crippen molar-refractivity contribution in [3.05, 3.63) is 48.0 Å². The molecule has 0 fully saturated rings. The number of hydrogen-bond acceptors (Lipinski definition) is 2. The zero-order valence-corrected chi connectivity index (χ0v) is 7.72. The lowest BCUT2D eigenvalue weighted by molar-refractivity contribution is 0.0996. The molecule has 0 bridgehead atoms. The third-order valence-corrected chi connectivity index (χ3v) is 1.99. The van der Waals surface area contributed by atoms with Crippen LogP contribution in [0.2, 0.25) is 0 Å². The fourth-order valence-corrected chi connectivity index (χ4v) is 1.27. The van der Waals surface area contributed by atoms with E-state index >= 15 is 0 Å². The van der Waals surface area contributed by atoms with Gasteiger partial charge in [0.15, 0.2) is 0 Å². The summed E-state index contributed by atoms with van der Waals surface area (Å²) in [6, 6.07) is 5.86. The van der Waals surface area contributed by atoms with Gasteiger partial charge >= 0.3 is 0 Å². The predicted molar refractivity (Wildman–Crippen MR) is 52.0 cm³/mol. The van der Waals surface area contributed by atoms with E-state index in [0.717, 1.165) is 0 Å². The van der Waals surface area contributed by atoms with Crippen LogP contribution in [0.1, 0.15) is 10.4 Å². The van der Waals surface area contributed by atoms with Gasteiger partial charge in [-0.15, -0.1) is 0 Å². The van der Waals surface area contributed by atoms with Crippen LogP contribution in [-0.2, 0) is 0 Å². The first kappa shape index (κ1) is 9.39. The zero-order chi connectivity index (χ0) is 10.8. The second kappa shape index (κ2) is 3.53. The number of carbonyl (C=O) groups excluding carboxylic acids is 1. The maximum Gasteiger partial charge on any atom is 0.251 e. The Labute approximate surface area is 85.1 Å². The Hall–Kier alpha value is -2.17. The van der Waals surface area contributed by atoms with E-state index in [1.807, 2.05) is 0 Å². The molecule has 0 saturated heterocycles. The Balaban J connectivity index is 2.47. The van der Waals surface area contributed by atoms with Crippen LogP contribution in [0.5, 0.6) is 0 Å². The Morgan fingerprint density at radius 2 is 2.27 bits per heavy atom. The van der Waals surface area contributed by atoms with Gasteiger partial charge in [-0.25, -0.2) is 9.07 Å². The van der Waals surface area contributed by atoms with E-state index in [9.17, 15) is 9.18 Å². The molecule has 2 aromatic rings. The first-order valence-electron chi connectivity index (χ1n) is 4.28. The van der Waals surface area contributed by atoms with Crippen molar-refractivity contribution in [2.75, 3.05) is 0 Å². The third-order valence-electron chi connectivity index (χ3n) is 1.99. The fourth-order valence-electron chi connectivity index (χ4n) is 1.27. The van der Waals surface area contributed by atoms with Gasteiger partial charge in [-0.3, -0.25) is 4.79 Å². The molecule has 76 valence electrons. The monoisotopic (exact) mass is 205 g/mol. The largest absolute Gasteiger partial charge is 0.366 e. The number of primary amides is 1. The number of rotatable bonds is 2. The minimum absolute atomic E-state index is 0.120. The number of amides is 1. The van der Waals surface area contributed by atoms with Crippen LogP contribution in [0.25, 0.3) is 5.69 Å². The lowest BCUT2D eigenvalue weighted by Gasteiger charge is -2.03. The fraction of sp³-hybridized carbons (Fsp3) is 0. The quantitative estimate of drug-likeness (QED) is 0.798. The summed E-state index contributed by atoms with van der Waals surface area (Å²) < 4.78 is 14.8. The molecule has 0 aliphatic rings. The highest BCUT2D eigenvalue weighted by Gasteiger charge is 2.09. The second-order valence-electron chi connectivity index (χ2n) is 2.98. The number of nitrogens with two attached hydrogens (primary N) is 1. The van der Waals surface area contributed by atoms with Gasteiger partial charge in [0.05, 0.1) is 11.3 Å². The van der Waals surface area contributed by atoms with E-state index in [1.54, 1.807) is 24.5 Å². The molecule has 5 heteroatoms. The molecule has 2 rings (SSSR count). The van der Waals surface area contributed by atoms with E-state index in [2.05, 4.69) is 5.10 Å². The normalized spacial score (nSPS) is 10.2. The molecule has 15 heavy (non-hydrogen) atoms. The van der Waals surface area contributed by atoms with Crippen LogP contribution >= 0.6 is 0 Å². The first-order valence-corrected chi connectivity index (χ1v) is 4.28. The number of halogens is 1. The molecule has 4 nitrogen and oxygen atoms in total. The molecule has 1 aromatic heterocycles. The van der Waals surface area contributed by atoms with Crippen molar-refractivity contribution in [3.8, 4) is 5.69 Å². The van der Waals surface area contributed by atoms with Crippen LogP contribution in [-0.4, -0.2) is 15.7 Å². The summed E-state index contributed by atoms with van der Waals surface area (Å²) in [5.74, 6) is -1.42. The summed E-state index contributed by atoms with van der Waals surface area (Å²) in [6.07, 6.45) is 3.26. The average Bonchev–Trinajstić information content (AvgIpc) is 2.69. The van der Waals surface area contributed by atoms with Gasteiger partial charge in [-0.1, -0.05) is 0 Å². The van der Waals surface area contributed by atoms with Crippen molar-refractivity contribution in [2.45, 2.75) is 0 Å². The molecule has 0 unspecified atom stereocenters. The molecule has 2 N–H and O–H groups in total. The highest BCUT2D eigenvalue weighted by Crippen LogP contribution is 2.12. The summed E-state index contributed by atoms with van der Waals surface area (Å²) in [7, 11) is 0. The minimum atomic E-state index is -0.778. The van der Waals surface area contributed by atoms with Crippen LogP contribution in [0.4, 0.5) is 4.39 Å². The summed E-state index contributed by atoms with van der Waals surface area (Å²) in [5.41, 5.74) is 5.41. The second-order valence-corrected chi connectivity index (χ2v) is 2.98. The molecular formula is C10H8FN3O. The van der Waals surface area contributed by atoms with Crippen molar-refractivity contribution in [1.82, 2.24) is 9.78 Å². The molecule has 1 heterocycles. The van der Waals surface area contributed by atoms with Gasteiger partial charge in [-0.05, 0) is 18.2 Å². The van der Waals surface area contributed by atoms with Crippen LogP contribution in [0.15, 0.2) is 36.7 Å². The third kappa shape index (κ3) is 1.71. The lowest BCUT2D eigenvalue weighted by Crippen LogP contribution is -2.13. The van der Waals surface area contributed by atoms with Crippen molar-refractivity contribution >= 4 is 5.91 Å². The van der Waals surface area contributed by atoms with Crippen molar-refractivity contribution in [1.29, 1.82) is 0 Å². The van der Waals surface area contributed by atoms with Gasteiger partial charge < -0.3 is 5.73 Å². The highest BCUT2D eigenvalue weighted by atomic mass is 19.1. The smallest absolute Gasteiger partial charge is 0.251 e. The molecule has 0 radical (unpaired) electrons. The molecule has 0 spiro atoms. The molecule has 0 aliphatic heterocycles. The minimum Gasteiger partial charge on any atom is -0.366 e. The summed E-state index contributed by atoms with van der Waals surface area (Å²) in [4.78, 5) is 10.8. The molecule has 1 aromatic carbocycles. The highest BCUT2D eigenvalue weighted by molar-refractivity contribution is 5.93. The predicted octanol–water partition coefficient (Wildman–Crippen LogP) is 1.11. The Morgan fingerprint density at radius 3 is 2.80 bits per heavy atom. The van der Waals surface area contributed by atoms with Crippen molar-refractivity contribution < 1.29 is 9.18 Å². The molecule has 1 amide bonds. The number of benzene rings is 1. The Kier molecular flexibility index (Phi) is 2.21. The van der Waals surface area contributed by atoms with Crippen LogP contribution < -0.4 is 5.73 Å². The van der Waals surface area contributed by atoms with E-state index in [0.29, 0.717) is 5.69 Å². The zero-order valence-electron chi connectivity index (χ0n) is 7.72. The van der Waals surface area contributed by atoms with E-state index < -0.39 is 11.7 Å². The molecular weight excluding hydrogens is 197 g/mol. The SMILES string of the molecule is NC(=O)c1ccc(-n2cccn2)cc1F. The van der Waals surface area contributed by atoms with Gasteiger partial charge in [0, 0.05) is 18.5 Å². The van der Waals surface area contributed by atoms with Gasteiger partial charge in [-0.2, -0.15) is 5.10 Å². The molecule has 0 saturated carbocycles. The number of aromatic nitrogens is 2. The molecule has 0 aliphatic carbocycles. The number of nitrogens with zero attached hydrogens (tertiary/aromatic N) is 2. The molecule has 0 atom stereocenters.